The van der Waals surface area contributed by atoms with Crippen molar-refractivity contribution in [2.75, 3.05) is 10.6 Å². The van der Waals surface area contributed by atoms with Crippen molar-refractivity contribution in [2.24, 2.45) is 0 Å². The molecule has 17 nitrogen and oxygen atoms in total. The molecule has 6 aromatic carbocycles. The van der Waals surface area contributed by atoms with E-state index in [9.17, 15) is 57.8 Å². The third-order valence-electron chi connectivity index (χ3n) is 8.51. The summed E-state index contributed by atoms with van der Waals surface area (Å²) in [6, 6.07) is 18.0. The third-order valence-corrected chi connectivity index (χ3v) is 13.0. The number of hydrogen-bond donors (Lipinski definition) is 8. The number of aryl methyl sites for hydroxylation is 2. The molecule has 0 heterocycles. The Morgan fingerprint density at radius 2 is 0.839 bits per heavy atom. The van der Waals surface area contributed by atoms with Gasteiger partial charge in [-0.25, -0.2) is 31.1 Å². The number of anilines is 4. The molecule has 21 heteroatoms. The largest absolute Gasteiger partial charge is 0.508 e. The summed E-state index contributed by atoms with van der Waals surface area (Å²) < 4.78 is 124. The van der Waals surface area contributed by atoms with E-state index in [0.717, 1.165) is 36.4 Å². The summed E-state index contributed by atoms with van der Waals surface area (Å²) in [5.41, 5.74) is 1.75. The van der Waals surface area contributed by atoms with Gasteiger partial charge in [0.2, 0.25) is 0 Å². The van der Waals surface area contributed by atoms with E-state index in [4.69, 9.17) is 0 Å². The normalized spacial score (nSPS) is 12.4. The van der Waals surface area contributed by atoms with Crippen LogP contribution in [0.1, 0.15) is 11.1 Å². The maximum atomic E-state index is 13.3. The van der Waals surface area contributed by atoms with Gasteiger partial charge in [0, 0.05) is 44.3 Å². The van der Waals surface area contributed by atoms with Gasteiger partial charge in [-0.1, -0.05) is 12.1 Å². The summed E-state index contributed by atoms with van der Waals surface area (Å²) >= 11 is 0. The number of benzene rings is 6. The number of fused-ring (bicyclic) bond motifs is 2. The Morgan fingerprint density at radius 1 is 0.464 bits per heavy atom. The second-order valence-corrected chi connectivity index (χ2v) is 18.5. The second kappa shape index (κ2) is 14.3. The summed E-state index contributed by atoms with van der Waals surface area (Å²) in [6.45, 7) is 3.23. The summed E-state index contributed by atoms with van der Waals surface area (Å²) in [7, 11) is -18.8. The Labute approximate surface area is 320 Å². The van der Waals surface area contributed by atoms with Gasteiger partial charge in [0.25, 0.3) is 40.3 Å². The van der Waals surface area contributed by atoms with Crippen molar-refractivity contribution >= 4 is 90.6 Å². The van der Waals surface area contributed by atoms with Crippen LogP contribution >= 0.6 is 0 Å². The first kappa shape index (κ1) is 39.7. The molecule has 0 aliphatic carbocycles. The lowest BCUT2D eigenvalue weighted by Gasteiger charge is -2.16. The van der Waals surface area contributed by atoms with E-state index >= 15 is 0 Å². The van der Waals surface area contributed by atoms with Crippen molar-refractivity contribution in [3.05, 3.63) is 108 Å². The molecule has 0 aromatic heterocycles. The van der Waals surface area contributed by atoms with Crippen LogP contribution in [-0.4, -0.2) is 59.0 Å². The van der Waals surface area contributed by atoms with E-state index in [2.05, 4.69) is 10.6 Å². The van der Waals surface area contributed by atoms with Crippen molar-refractivity contribution in [1.82, 2.24) is 9.44 Å². The minimum atomic E-state index is -4.73. The lowest BCUT2D eigenvalue weighted by Crippen LogP contribution is -2.42. The van der Waals surface area contributed by atoms with E-state index in [1.807, 2.05) is 0 Å². The molecule has 6 rings (SSSR count). The molecule has 0 aliphatic heterocycles. The van der Waals surface area contributed by atoms with E-state index in [0.29, 0.717) is 11.1 Å². The minimum Gasteiger partial charge on any atom is -0.508 e. The van der Waals surface area contributed by atoms with Gasteiger partial charge in [-0.15, -0.1) is 0 Å². The predicted octanol–water partition coefficient (Wildman–Crippen LogP) is 5.38. The molecule has 6 aromatic rings. The highest BCUT2D eigenvalue weighted by Crippen LogP contribution is 2.36. The van der Waals surface area contributed by atoms with Crippen molar-refractivity contribution in [2.45, 2.75) is 33.4 Å². The molecule has 0 fully saturated rings. The third kappa shape index (κ3) is 8.17. The number of aromatic hydroxyl groups is 2. The van der Waals surface area contributed by atoms with Crippen molar-refractivity contribution in [1.29, 1.82) is 0 Å². The molecule has 292 valence electrons. The van der Waals surface area contributed by atoms with Crippen LogP contribution in [0.2, 0.25) is 0 Å². The van der Waals surface area contributed by atoms with Crippen LogP contribution in [0.15, 0.2) is 117 Å². The molecule has 0 spiro atoms. The maximum Gasteiger partial charge on any atom is 0.342 e. The Kier molecular flexibility index (Phi) is 10.1. The van der Waals surface area contributed by atoms with Crippen LogP contribution < -0.4 is 20.1 Å². The van der Waals surface area contributed by atoms with Crippen LogP contribution in [0.25, 0.3) is 21.5 Å². The fraction of sp³-hybridized carbons (Fsp3) is 0.0571. The number of amides is 2. The predicted molar refractivity (Wildman–Crippen MR) is 206 cm³/mol. The molecule has 0 unspecified atom stereocenters. The number of phenolic OH excluding ortho intramolecular Hbond substituents is 2. The van der Waals surface area contributed by atoms with Gasteiger partial charge >= 0.3 is 6.03 Å². The SMILES string of the molecule is Cc1ccc(S(=O)(=O)NC(=O)NS(=O)(=O)c2ccc(C)c(Nc3ccc(S(=O)(=O)O)c4ccc(O)cc34)c2)cc1Nc1ccc(S(=O)(=O)O)c2ccc(O)cc12. The zero-order valence-corrected chi connectivity index (χ0v) is 32.1. The van der Waals surface area contributed by atoms with Crippen molar-refractivity contribution in [3.63, 3.8) is 0 Å². The fourth-order valence-electron chi connectivity index (χ4n) is 5.76. The molecule has 56 heavy (non-hydrogen) atoms. The quantitative estimate of drug-likeness (QED) is 0.0804. The van der Waals surface area contributed by atoms with Gasteiger partial charge in [0.15, 0.2) is 0 Å². The number of carbonyl (C=O) groups is 1. The number of hydrogen-bond acceptors (Lipinski definition) is 13. The van der Waals surface area contributed by atoms with E-state index < -0.39 is 65.9 Å². The molecule has 0 radical (unpaired) electrons. The van der Waals surface area contributed by atoms with Gasteiger partial charge < -0.3 is 20.8 Å². The van der Waals surface area contributed by atoms with Crippen LogP contribution in [0.5, 0.6) is 11.5 Å². The number of nitrogens with one attached hydrogen (secondary N) is 4. The second-order valence-electron chi connectivity index (χ2n) is 12.4. The zero-order chi connectivity index (χ0) is 41.0. The highest BCUT2D eigenvalue weighted by molar-refractivity contribution is 7.91. The molecule has 0 atom stereocenters. The molecule has 0 aliphatic rings. The first-order valence-electron chi connectivity index (χ1n) is 15.8. The van der Waals surface area contributed by atoms with Gasteiger partial charge in [-0.2, -0.15) is 16.8 Å². The zero-order valence-electron chi connectivity index (χ0n) is 28.8. The maximum absolute atomic E-state index is 13.3. The number of carbonyl (C=O) groups excluding carboxylic acids is 1. The van der Waals surface area contributed by atoms with Crippen molar-refractivity contribution < 1.29 is 57.8 Å². The highest BCUT2D eigenvalue weighted by Gasteiger charge is 2.25. The summed E-state index contributed by atoms with van der Waals surface area (Å²) in [4.78, 5) is 11.1. The lowest BCUT2D eigenvalue weighted by atomic mass is 10.1. The Hall–Kier alpha value is -5.97. The molecular formula is C35H30N4O13S4. The van der Waals surface area contributed by atoms with E-state index in [1.54, 1.807) is 23.3 Å². The Bertz CT molecular complexity index is 2880. The van der Waals surface area contributed by atoms with Gasteiger partial charge in [-0.3, -0.25) is 9.11 Å². The van der Waals surface area contributed by atoms with Gasteiger partial charge in [0.1, 0.15) is 21.3 Å². The standard InChI is InChI=1S/C35H30N4O13S4/c1-19-3-7-23(17-31(19)36-29-11-13-33(55(47,48)49)25-9-5-21(40)15-27(25)29)53(43,44)38-35(42)39-54(45,46)24-8-4-20(2)32(18-24)37-30-12-14-34(56(50,51)52)26-10-6-22(41)16-28(26)30/h3-18,36-37,40-41H,1-2H3,(H2,38,39,42)(H,47,48,49)(H,50,51,52). The molecule has 8 N–H and O–H groups in total. The summed E-state index contributed by atoms with van der Waals surface area (Å²) in [5, 5.41) is 26.5. The molecule has 0 bridgehead atoms. The molecule has 0 saturated carbocycles. The first-order valence-corrected chi connectivity index (χ1v) is 21.7. The Balaban J connectivity index is 1.23. The fourth-order valence-corrected chi connectivity index (χ4v) is 9.09. The molecule has 2 amide bonds. The number of phenols is 2. The topological polar surface area (TPSA) is 283 Å². The van der Waals surface area contributed by atoms with Crippen LogP contribution in [0, 0.1) is 13.8 Å². The van der Waals surface area contributed by atoms with Gasteiger partial charge in [0.05, 0.1) is 9.79 Å². The van der Waals surface area contributed by atoms with Crippen molar-refractivity contribution in [3.8, 4) is 11.5 Å². The minimum absolute atomic E-state index is 0.0517. The smallest absolute Gasteiger partial charge is 0.342 e. The first-order chi connectivity index (χ1) is 26.0. The van der Waals surface area contributed by atoms with Gasteiger partial charge in [-0.05, 0) is 110 Å². The molecule has 0 saturated heterocycles. The average molecular weight is 843 g/mol. The molecular weight excluding hydrogens is 813 g/mol. The lowest BCUT2D eigenvalue weighted by molar-refractivity contribution is 0.250. The highest BCUT2D eigenvalue weighted by atomic mass is 32.2. The Morgan fingerprint density at radius 3 is 1.20 bits per heavy atom. The summed E-state index contributed by atoms with van der Waals surface area (Å²) in [6.07, 6.45) is 0. The summed E-state index contributed by atoms with van der Waals surface area (Å²) in [5.74, 6) is -0.459. The number of urea groups is 1. The van der Waals surface area contributed by atoms with E-state index in [-0.39, 0.29) is 55.8 Å². The van der Waals surface area contributed by atoms with Crippen LogP contribution in [0.4, 0.5) is 27.5 Å². The van der Waals surface area contributed by atoms with Crippen LogP contribution in [-0.2, 0) is 40.3 Å². The van der Waals surface area contributed by atoms with Crippen LogP contribution in [0.3, 0.4) is 0 Å². The number of rotatable bonds is 10. The number of sulfonamides is 2. The average Bonchev–Trinajstić information content (AvgIpc) is 3.08. The van der Waals surface area contributed by atoms with E-state index in [1.165, 1.54) is 60.7 Å². The monoisotopic (exact) mass is 842 g/mol.